The number of likely N-dealkylation sites (N-methyl/N-ethyl adjacent to an activating group) is 1. The number of morpholine rings is 1. The first-order valence-corrected chi connectivity index (χ1v) is 11.1. The van der Waals surface area contributed by atoms with Gasteiger partial charge in [-0.05, 0) is 30.3 Å². The summed E-state index contributed by atoms with van der Waals surface area (Å²) in [4.78, 5) is 8.02. The third-order valence-corrected chi connectivity index (χ3v) is 5.78. The van der Waals surface area contributed by atoms with Crippen molar-refractivity contribution in [3.8, 4) is 0 Å². The van der Waals surface area contributed by atoms with Crippen LogP contribution in [0.15, 0.2) is 48.5 Å². The molecule has 0 bridgehead atoms. The molecule has 1 saturated heterocycles. The van der Waals surface area contributed by atoms with Crippen molar-refractivity contribution in [1.29, 1.82) is 0 Å². The highest BCUT2D eigenvalue weighted by Crippen LogP contribution is 2.31. The molecule has 33 heavy (non-hydrogen) atoms. The molecule has 178 valence electrons. The first-order chi connectivity index (χ1) is 15.8. The number of halogens is 3. The van der Waals surface area contributed by atoms with Crippen LogP contribution >= 0.6 is 0 Å². The van der Waals surface area contributed by atoms with Crippen LogP contribution in [0.4, 0.5) is 13.2 Å². The van der Waals surface area contributed by atoms with E-state index in [0.717, 1.165) is 43.0 Å². The molecule has 2 heterocycles. The standard InChI is InChI=1S/C24H29F3N4O2/c1-29(14-18-5-4-6-19(13-18)15-30-9-11-33-12-10-30)16-20(32)17-31-22-8-3-2-7-21(22)28-23(31)24(25,26)27/h2-8,13,20,32H,9-12,14-17H2,1H3/t20-/m0/s1. The van der Waals surface area contributed by atoms with Gasteiger partial charge in [-0.3, -0.25) is 9.80 Å². The molecule has 1 atom stereocenters. The van der Waals surface area contributed by atoms with Gasteiger partial charge in [-0.2, -0.15) is 13.2 Å². The fourth-order valence-corrected chi connectivity index (χ4v) is 4.33. The van der Waals surface area contributed by atoms with E-state index in [9.17, 15) is 18.3 Å². The van der Waals surface area contributed by atoms with Crippen molar-refractivity contribution < 1.29 is 23.0 Å². The Labute approximate surface area is 191 Å². The Bertz CT molecular complexity index is 1060. The van der Waals surface area contributed by atoms with E-state index in [2.05, 4.69) is 22.0 Å². The number of benzene rings is 2. The van der Waals surface area contributed by atoms with Crippen LogP contribution in [-0.4, -0.2) is 70.5 Å². The van der Waals surface area contributed by atoms with Crippen molar-refractivity contribution in [3.05, 3.63) is 65.5 Å². The number of hydrogen-bond donors (Lipinski definition) is 1. The monoisotopic (exact) mass is 462 g/mol. The number of aliphatic hydroxyl groups excluding tert-OH is 1. The van der Waals surface area contributed by atoms with Gasteiger partial charge in [0.1, 0.15) is 0 Å². The molecule has 1 aliphatic heterocycles. The Hall–Kier alpha value is -2.46. The summed E-state index contributed by atoms with van der Waals surface area (Å²) < 4.78 is 47.0. The Kier molecular flexibility index (Phi) is 7.33. The van der Waals surface area contributed by atoms with Crippen LogP contribution in [0.25, 0.3) is 11.0 Å². The summed E-state index contributed by atoms with van der Waals surface area (Å²) in [5.74, 6) is -0.985. The fraction of sp³-hybridized carbons (Fsp3) is 0.458. The lowest BCUT2D eigenvalue weighted by Crippen LogP contribution is -2.35. The molecule has 2 aromatic carbocycles. The van der Waals surface area contributed by atoms with Crippen molar-refractivity contribution in [2.24, 2.45) is 0 Å². The Morgan fingerprint density at radius 2 is 1.82 bits per heavy atom. The molecule has 4 rings (SSSR count). The van der Waals surface area contributed by atoms with E-state index in [-0.39, 0.29) is 18.6 Å². The lowest BCUT2D eigenvalue weighted by molar-refractivity contribution is -0.147. The van der Waals surface area contributed by atoms with Crippen LogP contribution < -0.4 is 0 Å². The van der Waals surface area contributed by atoms with Crippen LogP contribution in [0.1, 0.15) is 17.0 Å². The summed E-state index contributed by atoms with van der Waals surface area (Å²) in [5, 5.41) is 10.6. The van der Waals surface area contributed by atoms with Crippen molar-refractivity contribution in [1.82, 2.24) is 19.4 Å². The first kappa shape index (κ1) is 23.7. The summed E-state index contributed by atoms with van der Waals surface area (Å²) in [6, 6.07) is 14.7. The maximum Gasteiger partial charge on any atom is 0.449 e. The van der Waals surface area contributed by atoms with Gasteiger partial charge in [-0.15, -0.1) is 0 Å². The predicted octanol–water partition coefficient (Wildman–Crippen LogP) is 3.38. The summed E-state index contributed by atoms with van der Waals surface area (Å²) in [6.07, 6.45) is -5.57. The fourth-order valence-electron chi connectivity index (χ4n) is 4.33. The minimum atomic E-state index is -4.59. The van der Waals surface area contributed by atoms with E-state index >= 15 is 0 Å². The van der Waals surface area contributed by atoms with Gasteiger partial charge >= 0.3 is 6.18 Å². The lowest BCUT2D eigenvalue weighted by atomic mass is 10.1. The van der Waals surface area contributed by atoms with Crippen molar-refractivity contribution in [2.45, 2.75) is 31.9 Å². The highest BCUT2D eigenvalue weighted by Gasteiger charge is 2.38. The molecular formula is C24H29F3N4O2. The first-order valence-electron chi connectivity index (χ1n) is 11.1. The van der Waals surface area contributed by atoms with Crippen LogP contribution in [-0.2, 0) is 30.5 Å². The highest BCUT2D eigenvalue weighted by atomic mass is 19.4. The smallest absolute Gasteiger partial charge is 0.390 e. The summed E-state index contributed by atoms with van der Waals surface area (Å²) in [7, 11) is 1.86. The van der Waals surface area contributed by atoms with Gasteiger partial charge in [0.15, 0.2) is 0 Å². The molecule has 0 spiro atoms. The van der Waals surface area contributed by atoms with Gasteiger partial charge in [0, 0.05) is 32.7 Å². The number of aliphatic hydroxyl groups is 1. The van der Waals surface area contributed by atoms with E-state index in [0.29, 0.717) is 12.1 Å². The molecule has 1 aliphatic rings. The van der Waals surface area contributed by atoms with E-state index in [1.165, 1.54) is 5.56 Å². The summed E-state index contributed by atoms with van der Waals surface area (Å²) in [5.41, 5.74) is 2.94. The number of aromatic nitrogens is 2. The third kappa shape index (κ3) is 6.11. The van der Waals surface area contributed by atoms with E-state index in [4.69, 9.17) is 4.74 Å². The molecule has 0 aliphatic carbocycles. The number of imidazole rings is 1. The maximum absolute atomic E-state index is 13.5. The Morgan fingerprint density at radius 1 is 1.09 bits per heavy atom. The number of para-hydroxylation sites is 2. The van der Waals surface area contributed by atoms with Gasteiger partial charge in [0.25, 0.3) is 0 Å². The lowest BCUT2D eigenvalue weighted by Gasteiger charge is -2.27. The average Bonchev–Trinajstić information content (AvgIpc) is 3.13. The molecule has 0 amide bonds. The largest absolute Gasteiger partial charge is 0.449 e. The third-order valence-electron chi connectivity index (χ3n) is 5.78. The van der Waals surface area contributed by atoms with Crippen molar-refractivity contribution in [3.63, 3.8) is 0 Å². The minimum Gasteiger partial charge on any atom is -0.390 e. The SMILES string of the molecule is CN(Cc1cccc(CN2CCOCC2)c1)C[C@H](O)Cn1c(C(F)(F)F)nc2ccccc21. The van der Waals surface area contributed by atoms with Crippen LogP contribution in [0, 0.1) is 0 Å². The van der Waals surface area contributed by atoms with Crippen molar-refractivity contribution in [2.75, 3.05) is 39.9 Å². The number of rotatable bonds is 8. The average molecular weight is 463 g/mol. The molecule has 0 radical (unpaired) electrons. The van der Waals surface area contributed by atoms with Crippen LogP contribution in [0.2, 0.25) is 0 Å². The van der Waals surface area contributed by atoms with Gasteiger partial charge in [0.2, 0.25) is 5.82 Å². The van der Waals surface area contributed by atoms with Crippen LogP contribution in [0.5, 0.6) is 0 Å². The second kappa shape index (κ2) is 10.2. The summed E-state index contributed by atoms with van der Waals surface area (Å²) in [6.45, 7) is 4.83. The second-order valence-electron chi connectivity index (χ2n) is 8.59. The maximum atomic E-state index is 13.5. The number of alkyl halides is 3. The van der Waals surface area contributed by atoms with Gasteiger partial charge in [-0.1, -0.05) is 36.4 Å². The van der Waals surface area contributed by atoms with Crippen LogP contribution in [0.3, 0.4) is 0 Å². The second-order valence-corrected chi connectivity index (χ2v) is 8.59. The van der Waals surface area contributed by atoms with Gasteiger partial charge < -0.3 is 14.4 Å². The van der Waals surface area contributed by atoms with Gasteiger partial charge in [-0.25, -0.2) is 4.98 Å². The minimum absolute atomic E-state index is 0.184. The molecule has 0 unspecified atom stereocenters. The Balaban J connectivity index is 1.39. The topological polar surface area (TPSA) is 53.8 Å². The highest BCUT2D eigenvalue weighted by molar-refractivity contribution is 5.76. The molecule has 1 aromatic heterocycles. The molecule has 3 aromatic rings. The zero-order valence-corrected chi connectivity index (χ0v) is 18.6. The Morgan fingerprint density at radius 3 is 2.58 bits per heavy atom. The zero-order chi connectivity index (χ0) is 23.4. The number of ether oxygens (including phenoxy) is 1. The quantitative estimate of drug-likeness (QED) is 0.556. The molecular weight excluding hydrogens is 433 g/mol. The molecule has 0 saturated carbocycles. The summed E-state index contributed by atoms with van der Waals surface area (Å²) >= 11 is 0. The number of hydrogen-bond acceptors (Lipinski definition) is 5. The number of nitrogens with zero attached hydrogens (tertiary/aromatic N) is 4. The van der Waals surface area contributed by atoms with E-state index in [1.54, 1.807) is 24.3 Å². The molecule has 6 nitrogen and oxygen atoms in total. The predicted molar refractivity (Wildman–Crippen MR) is 120 cm³/mol. The van der Waals surface area contributed by atoms with E-state index < -0.39 is 18.1 Å². The molecule has 1 N–H and O–H groups in total. The normalized spacial score (nSPS) is 16.5. The molecule has 1 fully saturated rings. The van der Waals surface area contributed by atoms with E-state index in [1.807, 2.05) is 24.1 Å². The number of fused-ring (bicyclic) bond motifs is 1. The van der Waals surface area contributed by atoms with Crippen molar-refractivity contribution >= 4 is 11.0 Å². The zero-order valence-electron chi connectivity index (χ0n) is 18.6. The van der Waals surface area contributed by atoms with Gasteiger partial charge in [0.05, 0.1) is 36.9 Å². The molecule has 9 heteroatoms.